The summed E-state index contributed by atoms with van der Waals surface area (Å²) in [5.74, 6) is -0.238. The van der Waals surface area contributed by atoms with Crippen LogP contribution in [0.15, 0.2) is 70.1 Å². The van der Waals surface area contributed by atoms with E-state index in [0.29, 0.717) is 29.5 Å². The van der Waals surface area contributed by atoms with Crippen LogP contribution in [-0.2, 0) is 17.8 Å². The topological polar surface area (TPSA) is 91.7 Å². The van der Waals surface area contributed by atoms with Crippen LogP contribution in [-0.4, -0.2) is 35.5 Å². The van der Waals surface area contributed by atoms with Gasteiger partial charge in [-0.25, -0.2) is 4.79 Å². The Labute approximate surface area is 185 Å². The molecule has 1 atom stereocenters. The normalized spacial score (nSPS) is 22.1. The Morgan fingerprint density at radius 2 is 1.69 bits per heavy atom. The molecule has 2 fully saturated rings. The first-order chi connectivity index (χ1) is 15.5. The average molecular weight is 431 g/mol. The van der Waals surface area contributed by atoms with Gasteiger partial charge >= 0.3 is 6.03 Å². The predicted octanol–water partition coefficient (Wildman–Crippen LogP) is 2.83. The number of piperidine rings is 1. The highest BCUT2D eigenvalue weighted by Gasteiger charge is 2.52. The molecule has 2 N–H and O–H groups in total. The molecule has 0 spiro atoms. The van der Waals surface area contributed by atoms with E-state index in [1.807, 2.05) is 42.5 Å². The van der Waals surface area contributed by atoms with Crippen LogP contribution in [0.4, 0.5) is 4.79 Å². The van der Waals surface area contributed by atoms with Crippen LogP contribution in [0, 0.1) is 5.92 Å². The van der Waals surface area contributed by atoms with E-state index >= 15 is 0 Å². The van der Waals surface area contributed by atoms with Gasteiger partial charge in [0, 0.05) is 18.5 Å². The number of rotatable bonds is 5. The highest BCUT2D eigenvalue weighted by molar-refractivity contribution is 6.07. The molecule has 2 aliphatic heterocycles. The van der Waals surface area contributed by atoms with Gasteiger partial charge in [0.25, 0.3) is 5.91 Å². The van der Waals surface area contributed by atoms with E-state index < -0.39 is 11.6 Å². The first-order valence-corrected chi connectivity index (χ1v) is 10.9. The molecule has 0 saturated carbocycles. The van der Waals surface area contributed by atoms with Crippen molar-refractivity contribution in [2.75, 3.05) is 13.1 Å². The third kappa shape index (κ3) is 3.69. The maximum absolute atomic E-state index is 12.9. The Morgan fingerprint density at radius 3 is 2.41 bits per heavy atom. The number of para-hydroxylation sites is 1. The van der Waals surface area contributed by atoms with Gasteiger partial charge in [-0.2, -0.15) is 0 Å². The molecule has 32 heavy (non-hydrogen) atoms. The van der Waals surface area contributed by atoms with Crippen molar-refractivity contribution in [3.63, 3.8) is 0 Å². The monoisotopic (exact) mass is 431 g/mol. The summed E-state index contributed by atoms with van der Waals surface area (Å²) in [5, 5.41) is 5.98. The van der Waals surface area contributed by atoms with Crippen molar-refractivity contribution in [1.29, 1.82) is 0 Å². The standard InChI is InChI=1S/C25H25N3O4/c29-22-18(16-32-21-9-5-4-8-20(21)22)15-28-12-10-19(11-13-28)25(23(30)26-24(31)27-25)14-17-6-2-1-3-7-17/h1-9,16,19H,10-15H2,(H2,26,27,30,31). The molecular formula is C25H25N3O4. The van der Waals surface area contributed by atoms with Crippen molar-refractivity contribution in [2.45, 2.75) is 31.3 Å². The van der Waals surface area contributed by atoms with Crippen molar-refractivity contribution >= 4 is 22.9 Å². The molecular weight excluding hydrogens is 406 g/mol. The number of hydrogen-bond donors (Lipinski definition) is 2. The van der Waals surface area contributed by atoms with Gasteiger partial charge in [-0.3, -0.25) is 19.8 Å². The number of amides is 3. The zero-order valence-electron chi connectivity index (χ0n) is 17.7. The number of likely N-dealkylation sites (tertiary alicyclic amines) is 1. The Hall–Kier alpha value is -3.45. The molecule has 7 nitrogen and oxygen atoms in total. The molecule has 2 aliphatic rings. The maximum Gasteiger partial charge on any atom is 0.322 e. The number of carbonyl (C=O) groups is 2. The lowest BCUT2D eigenvalue weighted by Gasteiger charge is -2.40. The van der Waals surface area contributed by atoms with Gasteiger partial charge in [-0.05, 0) is 49.5 Å². The number of fused-ring (bicyclic) bond motifs is 1. The summed E-state index contributed by atoms with van der Waals surface area (Å²) in [6, 6.07) is 16.6. The SMILES string of the molecule is O=C1NC(=O)C(Cc2ccccc2)(C2CCN(Cc3coc4ccccc4c3=O)CC2)N1. The van der Waals surface area contributed by atoms with Crippen molar-refractivity contribution in [1.82, 2.24) is 15.5 Å². The third-order valence-corrected chi connectivity index (χ3v) is 6.72. The smallest absolute Gasteiger partial charge is 0.322 e. The predicted molar refractivity (Wildman–Crippen MR) is 120 cm³/mol. The zero-order valence-corrected chi connectivity index (χ0v) is 17.7. The van der Waals surface area contributed by atoms with Crippen LogP contribution in [0.25, 0.3) is 11.0 Å². The highest BCUT2D eigenvalue weighted by atomic mass is 16.3. The molecule has 2 saturated heterocycles. The van der Waals surface area contributed by atoms with Crippen molar-refractivity contribution in [3.05, 3.63) is 82.2 Å². The highest BCUT2D eigenvalue weighted by Crippen LogP contribution is 2.34. The van der Waals surface area contributed by atoms with Crippen molar-refractivity contribution in [3.8, 4) is 0 Å². The Bertz CT molecular complexity index is 1210. The van der Waals surface area contributed by atoms with Gasteiger partial charge in [0.05, 0.1) is 11.6 Å². The molecule has 3 aromatic rings. The lowest BCUT2D eigenvalue weighted by Crippen LogP contribution is -2.57. The zero-order chi connectivity index (χ0) is 22.1. The van der Waals surface area contributed by atoms with Crippen LogP contribution in [0.3, 0.4) is 0 Å². The quantitative estimate of drug-likeness (QED) is 0.606. The van der Waals surface area contributed by atoms with Crippen LogP contribution in [0.5, 0.6) is 0 Å². The molecule has 0 radical (unpaired) electrons. The fourth-order valence-corrected chi connectivity index (χ4v) is 5.03. The Morgan fingerprint density at radius 1 is 0.969 bits per heavy atom. The van der Waals surface area contributed by atoms with E-state index in [-0.39, 0.29) is 17.3 Å². The number of nitrogens with one attached hydrogen (secondary N) is 2. The van der Waals surface area contributed by atoms with E-state index in [9.17, 15) is 14.4 Å². The summed E-state index contributed by atoms with van der Waals surface area (Å²) in [6.07, 6.45) is 3.52. The van der Waals surface area contributed by atoms with E-state index in [2.05, 4.69) is 15.5 Å². The van der Waals surface area contributed by atoms with Crippen molar-refractivity contribution < 1.29 is 14.0 Å². The average Bonchev–Trinajstić information content (AvgIpc) is 3.10. The van der Waals surface area contributed by atoms with E-state index in [1.165, 1.54) is 0 Å². The molecule has 5 rings (SSSR count). The molecule has 2 aromatic carbocycles. The van der Waals surface area contributed by atoms with Gasteiger partial charge in [0.15, 0.2) is 5.43 Å². The summed E-state index contributed by atoms with van der Waals surface area (Å²) < 4.78 is 5.65. The van der Waals surface area contributed by atoms with Gasteiger partial charge in [-0.1, -0.05) is 42.5 Å². The van der Waals surface area contributed by atoms with E-state index in [0.717, 1.165) is 31.5 Å². The number of carbonyl (C=O) groups excluding carboxylic acids is 2. The van der Waals surface area contributed by atoms with Crippen LogP contribution < -0.4 is 16.1 Å². The van der Waals surface area contributed by atoms with Crippen LogP contribution in [0.1, 0.15) is 24.0 Å². The van der Waals surface area contributed by atoms with Gasteiger partial charge in [-0.15, -0.1) is 0 Å². The minimum Gasteiger partial charge on any atom is -0.464 e. The first-order valence-electron chi connectivity index (χ1n) is 10.9. The number of urea groups is 1. The third-order valence-electron chi connectivity index (χ3n) is 6.72. The molecule has 1 aromatic heterocycles. The fourth-order valence-electron chi connectivity index (χ4n) is 5.03. The second kappa shape index (κ2) is 8.24. The first kappa shape index (κ1) is 20.5. The molecule has 164 valence electrons. The summed E-state index contributed by atoms with van der Waals surface area (Å²) in [4.78, 5) is 40.0. The number of nitrogens with zero attached hydrogens (tertiary/aromatic N) is 1. The Balaban J connectivity index is 1.32. The summed E-state index contributed by atoms with van der Waals surface area (Å²) in [5.41, 5.74) is 1.30. The number of benzene rings is 2. The van der Waals surface area contributed by atoms with Crippen LogP contribution in [0.2, 0.25) is 0 Å². The second-order valence-corrected chi connectivity index (χ2v) is 8.68. The molecule has 1 unspecified atom stereocenters. The summed E-state index contributed by atoms with van der Waals surface area (Å²) in [7, 11) is 0. The van der Waals surface area contributed by atoms with Gasteiger partial charge < -0.3 is 9.73 Å². The largest absolute Gasteiger partial charge is 0.464 e. The van der Waals surface area contributed by atoms with Gasteiger partial charge in [0.1, 0.15) is 11.1 Å². The Kier molecular flexibility index (Phi) is 5.27. The van der Waals surface area contributed by atoms with Crippen LogP contribution >= 0.6 is 0 Å². The second-order valence-electron chi connectivity index (χ2n) is 8.68. The maximum atomic E-state index is 12.9. The molecule has 0 bridgehead atoms. The minimum absolute atomic E-state index is 0.00282. The summed E-state index contributed by atoms with van der Waals surface area (Å²) >= 11 is 0. The molecule has 3 heterocycles. The van der Waals surface area contributed by atoms with E-state index in [4.69, 9.17) is 4.42 Å². The molecule has 3 amide bonds. The lowest BCUT2D eigenvalue weighted by molar-refractivity contribution is -0.126. The lowest BCUT2D eigenvalue weighted by atomic mass is 9.74. The fraction of sp³-hybridized carbons (Fsp3) is 0.320. The minimum atomic E-state index is -0.938. The van der Waals surface area contributed by atoms with Crippen molar-refractivity contribution in [2.24, 2.45) is 5.92 Å². The van der Waals surface area contributed by atoms with E-state index in [1.54, 1.807) is 18.4 Å². The molecule has 0 aliphatic carbocycles. The molecule has 7 heteroatoms. The number of hydrogen-bond acceptors (Lipinski definition) is 5. The summed E-state index contributed by atoms with van der Waals surface area (Å²) in [6.45, 7) is 1.97. The van der Waals surface area contributed by atoms with Gasteiger partial charge in [0.2, 0.25) is 0 Å². The number of imide groups is 1.